The maximum absolute atomic E-state index is 11.9. The van der Waals surface area contributed by atoms with Crippen LogP contribution in [0.4, 0.5) is 0 Å². The molecule has 4 nitrogen and oxygen atoms in total. The fourth-order valence-corrected chi connectivity index (χ4v) is 3.09. The summed E-state index contributed by atoms with van der Waals surface area (Å²) >= 11 is 0. The number of hydrogen-bond donors (Lipinski definition) is 0. The van der Waals surface area contributed by atoms with Crippen molar-refractivity contribution >= 4 is 15.6 Å². The predicted octanol–water partition coefficient (Wildman–Crippen LogP) is 1.59. The summed E-state index contributed by atoms with van der Waals surface area (Å²) in [6, 6.07) is 0. The Kier molecular flexibility index (Phi) is 5.59. The molecule has 5 heteroatoms. The highest BCUT2D eigenvalue weighted by Crippen LogP contribution is 2.25. The zero-order valence-corrected chi connectivity index (χ0v) is 11.5. The van der Waals surface area contributed by atoms with Gasteiger partial charge in [-0.25, -0.2) is 8.42 Å². The van der Waals surface area contributed by atoms with Gasteiger partial charge >= 0.3 is 0 Å². The van der Waals surface area contributed by atoms with E-state index in [1.165, 1.54) is 0 Å². The van der Waals surface area contributed by atoms with Crippen molar-refractivity contribution < 1.29 is 17.9 Å². The molecular formula is C12H22O4S. The lowest BCUT2D eigenvalue weighted by atomic mass is 9.92. The second-order valence-electron chi connectivity index (χ2n) is 4.52. The molecule has 2 unspecified atom stereocenters. The van der Waals surface area contributed by atoms with Gasteiger partial charge in [0.25, 0.3) is 0 Å². The maximum Gasteiger partial charge on any atom is 0.150 e. The minimum atomic E-state index is -2.94. The Hall–Kier alpha value is -0.420. The maximum atomic E-state index is 11.9. The van der Waals surface area contributed by atoms with E-state index < -0.39 is 9.84 Å². The second-order valence-corrected chi connectivity index (χ2v) is 6.99. The molecule has 1 rings (SSSR count). The van der Waals surface area contributed by atoms with Gasteiger partial charge in [-0.2, -0.15) is 0 Å². The lowest BCUT2D eigenvalue weighted by Gasteiger charge is -2.15. The summed E-state index contributed by atoms with van der Waals surface area (Å²) in [5.74, 6) is 0.440. The Labute approximate surface area is 104 Å². The molecule has 0 aromatic heterocycles. The van der Waals surface area contributed by atoms with Gasteiger partial charge in [0.15, 0.2) is 0 Å². The highest BCUT2D eigenvalue weighted by molar-refractivity contribution is 7.91. The molecule has 2 atom stereocenters. The number of rotatable bonds is 7. The van der Waals surface area contributed by atoms with E-state index in [9.17, 15) is 13.2 Å². The first-order valence-corrected chi connectivity index (χ1v) is 8.17. The van der Waals surface area contributed by atoms with Gasteiger partial charge in [0.2, 0.25) is 0 Å². The third kappa shape index (κ3) is 4.39. The van der Waals surface area contributed by atoms with Crippen LogP contribution in [0.15, 0.2) is 0 Å². The van der Waals surface area contributed by atoms with Crippen LogP contribution >= 0.6 is 0 Å². The average Bonchev–Trinajstić information content (AvgIpc) is 2.76. The fraction of sp³-hybridized carbons (Fsp3) is 0.917. The van der Waals surface area contributed by atoms with Crippen LogP contribution in [-0.4, -0.2) is 38.4 Å². The molecule has 1 aliphatic heterocycles. The summed E-state index contributed by atoms with van der Waals surface area (Å²) in [4.78, 5) is 11.9. The van der Waals surface area contributed by atoms with Crippen LogP contribution in [0.5, 0.6) is 0 Å². The van der Waals surface area contributed by atoms with Crippen LogP contribution in [0.25, 0.3) is 0 Å². The predicted molar refractivity (Wildman–Crippen MR) is 66.7 cm³/mol. The molecule has 1 heterocycles. The van der Waals surface area contributed by atoms with Gasteiger partial charge in [-0.1, -0.05) is 13.8 Å². The summed E-state index contributed by atoms with van der Waals surface area (Å²) in [5, 5.41) is 0. The molecular weight excluding hydrogens is 240 g/mol. The van der Waals surface area contributed by atoms with E-state index in [4.69, 9.17) is 4.74 Å². The van der Waals surface area contributed by atoms with Crippen LogP contribution in [0, 0.1) is 5.92 Å². The molecule has 0 N–H and O–H groups in total. The molecule has 0 aromatic carbocycles. The molecule has 0 spiro atoms. The Morgan fingerprint density at radius 1 is 1.35 bits per heavy atom. The molecule has 1 aliphatic rings. The van der Waals surface area contributed by atoms with Crippen LogP contribution in [0.1, 0.15) is 39.5 Å². The molecule has 0 radical (unpaired) electrons. The lowest BCUT2D eigenvalue weighted by molar-refractivity contribution is -0.124. The van der Waals surface area contributed by atoms with Crippen LogP contribution in [0.2, 0.25) is 0 Å². The van der Waals surface area contributed by atoms with E-state index in [0.29, 0.717) is 19.4 Å². The largest absolute Gasteiger partial charge is 0.377 e. The first kappa shape index (κ1) is 14.6. The third-order valence-electron chi connectivity index (χ3n) is 3.34. The molecule has 0 saturated carbocycles. The number of hydrogen-bond acceptors (Lipinski definition) is 4. The Morgan fingerprint density at radius 3 is 2.65 bits per heavy atom. The quantitative estimate of drug-likeness (QED) is 0.699. The number of sulfone groups is 1. The number of ether oxygens (including phenoxy) is 1. The molecule has 100 valence electrons. The molecule has 0 bridgehead atoms. The van der Waals surface area contributed by atoms with Gasteiger partial charge in [-0.3, -0.25) is 4.79 Å². The SMILES string of the molecule is CCC1OCCC1C(=O)CCCS(=O)(=O)CC. The van der Waals surface area contributed by atoms with Gasteiger partial charge < -0.3 is 4.74 Å². The zero-order valence-electron chi connectivity index (χ0n) is 10.6. The van der Waals surface area contributed by atoms with Gasteiger partial charge in [-0.15, -0.1) is 0 Å². The van der Waals surface area contributed by atoms with E-state index >= 15 is 0 Å². The minimum Gasteiger partial charge on any atom is -0.377 e. The van der Waals surface area contributed by atoms with E-state index in [2.05, 4.69) is 0 Å². The van der Waals surface area contributed by atoms with Gasteiger partial charge in [0.05, 0.1) is 11.9 Å². The molecule has 1 saturated heterocycles. The zero-order chi connectivity index (χ0) is 12.9. The number of ketones is 1. The van der Waals surface area contributed by atoms with Crippen LogP contribution < -0.4 is 0 Å². The highest BCUT2D eigenvalue weighted by Gasteiger charge is 2.32. The first-order chi connectivity index (χ1) is 8.00. The van der Waals surface area contributed by atoms with Crippen LogP contribution in [0.3, 0.4) is 0 Å². The fourth-order valence-electron chi connectivity index (χ4n) is 2.22. The van der Waals surface area contributed by atoms with Gasteiger partial charge in [-0.05, 0) is 19.3 Å². The summed E-state index contributed by atoms with van der Waals surface area (Å²) in [6.07, 6.45) is 2.50. The Balaban J connectivity index is 2.35. The summed E-state index contributed by atoms with van der Waals surface area (Å²) in [7, 11) is -2.94. The average molecular weight is 262 g/mol. The minimum absolute atomic E-state index is 0.00988. The number of carbonyl (C=O) groups is 1. The molecule has 17 heavy (non-hydrogen) atoms. The molecule has 0 amide bonds. The first-order valence-electron chi connectivity index (χ1n) is 6.35. The second kappa shape index (κ2) is 6.50. The topological polar surface area (TPSA) is 60.4 Å². The molecule has 0 aliphatic carbocycles. The van der Waals surface area contributed by atoms with Crippen molar-refractivity contribution in [1.29, 1.82) is 0 Å². The summed E-state index contributed by atoms with van der Waals surface area (Å²) < 4.78 is 28.0. The normalized spacial score (nSPS) is 25.1. The summed E-state index contributed by atoms with van der Waals surface area (Å²) in [6.45, 7) is 4.30. The number of carbonyl (C=O) groups excluding carboxylic acids is 1. The highest BCUT2D eigenvalue weighted by atomic mass is 32.2. The third-order valence-corrected chi connectivity index (χ3v) is 5.13. The summed E-state index contributed by atoms with van der Waals surface area (Å²) in [5.41, 5.74) is 0. The van der Waals surface area contributed by atoms with E-state index in [-0.39, 0.29) is 29.3 Å². The van der Waals surface area contributed by atoms with Crippen molar-refractivity contribution in [3.8, 4) is 0 Å². The van der Waals surface area contributed by atoms with Crippen molar-refractivity contribution in [2.24, 2.45) is 5.92 Å². The molecule has 1 fully saturated rings. The monoisotopic (exact) mass is 262 g/mol. The Morgan fingerprint density at radius 2 is 2.06 bits per heavy atom. The molecule has 0 aromatic rings. The lowest BCUT2D eigenvalue weighted by Crippen LogP contribution is -2.24. The smallest absolute Gasteiger partial charge is 0.150 e. The standard InChI is InChI=1S/C12H22O4S/c1-3-12-10(7-8-16-12)11(13)6-5-9-17(14,15)4-2/h10,12H,3-9H2,1-2H3. The number of Topliss-reactive ketones (excluding diaryl/α,β-unsaturated/α-hetero) is 1. The van der Waals surface area contributed by atoms with Crippen LogP contribution in [-0.2, 0) is 19.4 Å². The van der Waals surface area contributed by atoms with Gasteiger partial charge in [0.1, 0.15) is 15.6 Å². The van der Waals surface area contributed by atoms with E-state index in [0.717, 1.165) is 12.8 Å². The van der Waals surface area contributed by atoms with Gasteiger partial charge in [0, 0.05) is 24.7 Å². The van der Waals surface area contributed by atoms with Crippen molar-refractivity contribution in [3.63, 3.8) is 0 Å². The van der Waals surface area contributed by atoms with Crippen molar-refractivity contribution in [2.75, 3.05) is 18.1 Å². The van der Waals surface area contributed by atoms with Crippen molar-refractivity contribution in [2.45, 2.75) is 45.6 Å². The van der Waals surface area contributed by atoms with Crippen molar-refractivity contribution in [1.82, 2.24) is 0 Å². The Bertz CT molecular complexity index is 348. The van der Waals surface area contributed by atoms with E-state index in [1.807, 2.05) is 6.92 Å². The van der Waals surface area contributed by atoms with Crippen molar-refractivity contribution in [3.05, 3.63) is 0 Å². The van der Waals surface area contributed by atoms with E-state index in [1.54, 1.807) is 6.92 Å².